The molecule has 0 spiro atoms. The number of benzene rings is 2. The van der Waals surface area contributed by atoms with E-state index in [1.807, 2.05) is 43.3 Å². The second-order valence-corrected chi connectivity index (χ2v) is 5.09. The van der Waals surface area contributed by atoms with Crippen LogP contribution in [-0.4, -0.2) is 13.7 Å². The molecular formula is C17H20ClNO2. The summed E-state index contributed by atoms with van der Waals surface area (Å²) >= 11 is 6.04. The minimum absolute atomic E-state index is 0.110. The molecule has 0 heterocycles. The fourth-order valence-electron chi connectivity index (χ4n) is 2.20. The summed E-state index contributed by atoms with van der Waals surface area (Å²) in [6.45, 7) is 4.73. The maximum Gasteiger partial charge on any atom is 0.139 e. The van der Waals surface area contributed by atoms with Gasteiger partial charge in [0.1, 0.15) is 11.5 Å². The molecule has 0 aliphatic heterocycles. The summed E-state index contributed by atoms with van der Waals surface area (Å²) in [6, 6.07) is 13.8. The minimum Gasteiger partial charge on any atom is -0.495 e. The molecule has 0 aliphatic rings. The zero-order valence-electron chi connectivity index (χ0n) is 12.5. The SMILES string of the molecule is CCOc1ccccc1C(C)Nc1ccc(Cl)c(OC)c1. The number of para-hydroxylation sites is 1. The molecule has 21 heavy (non-hydrogen) atoms. The summed E-state index contributed by atoms with van der Waals surface area (Å²) < 4.78 is 10.9. The monoisotopic (exact) mass is 305 g/mol. The van der Waals surface area contributed by atoms with Gasteiger partial charge in [-0.2, -0.15) is 0 Å². The first kappa shape index (κ1) is 15.5. The van der Waals surface area contributed by atoms with Crippen LogP contribution in [0.4, 0.5) is 5.69 Å². The van der Waals surface area contributed by atoms with E-state index < -0.39 is 0 Å². The number of halogens is 1. The van der Waals surface area contributed by atoms with Crippen molar-refractivity contribution in [3.05, 3.63) is 53.1 Å². The summed E-state index contributed by atoms with van der Waals surface area (Å²) in [6.07, 6.45) is 0. The van der Waals surface area contributed by atoms with E-state index in [0.717, 1.165) is 17.0 Å². The van der Waals surface area contributed by atoms with E-state index in [-0.39, 0.29) is 6.04 Å². The number of rotatable bonds is 6. The Morgan fingerprint density at radius 3 is 2.62 bits per heavy atom. The lowest BCUT2D eigenvalue weighted by molar-refractivity contribution is 0.335. The Balaban J connectivity index is 2.20. The van der Waals surface area contributed by atoms with Crippen molar-refractivity contribution in [1.29, 1.82) is 0 Å². The van der Waals surface area contributed by atoms with Gasteiger partial charge in [0.05, 0.1) is 24.8 Å². The van der Waals surface area contributed by atoms with Crippen molar-refractivity contribution in [2.75, 3.05) is 19.0 Å². The molecule has 0 saturated carbocycles. The lowest BCUT2D eigenvalue weighted by Crippen LogP contribution is -2.09. The van der Waals surface area contributed by atoms with Crippen LogP contribution in [0.2, 0.25) is 5.02 Å². The number of anilines is 1. The number of methoxy groups -OCH3 is 1. The van der Waals surface area contributed by atoms with E-state index in [0.29, 0.717) is 17.4 Å². The smallest absolute Gasteiger partial charge is 0.139 e. The van der Waals surface area contributed by atoms with Gasteiger partial charge in [0.25, 0.3) is 0 Å². The summed E-state index contributed by atoms with van der Waals surface area (Å²) in [5, 5.41) is 4.04. The summed E-state index contributed by atoms with van der Waals surface area (Å²) in [5.41, 5.74) is 2.07. The highest BCUT2D eigenvalue weighted by molar-refractivity contribution is 6.32. The van der Waals surface area contributed by atoms with Gasteiger partial charge in [-0.1, -0.05) is 29.8 Å². The average Bonchev–Trinajstić information content (AvgIpc) is 2.50. The molecule has 3 nitrogen and oxygen atoms in total. The molecule has 112 valence electrons. The molecule has 0 aliphatic carbocycles. The Morgan fingerprint density at radius 1 is 1.14 bits per heavy atom. The molecule has 0 bridgehead atoms. The highest BCUT2D eigenvalue weighted by Crippen LogP contribution is 2.31. The summed E-state index contributed by atoms with van der Waals surface area (Å²) in [5.74, 6) is 1.56. The standard InChI is InChI=1S/C17H20ClNO2/c1-4-21-16-8-6-5-7-14(16)12(2)19-13-9-10-15(18)17(11-13)20-3/h5-12,19H,4H2,1-3H3. The maximum atomic E-state index is 6.04. The third kappa shape index (κ3) is 3.82. The van der Waals surface area contributed by atoms with E-state index in [2.05, 4.69) is 18.3 Å². The van der Waals surface area contributed by atoms with Crippen LogP contribution < -0.4 is 14.8 Å². The molecule has 0 aromatic heterocycles. The third-order valence-electron chi connectivity index (χ3n) is 3.22. The van der Waals surface area contributed by atoms with Crippen LogP contribution in [0.1, 0.15) is 25.5 Å². The van der Waals surface area contributed by atoms with Gasteiger partial charge in [-0.25, -0.2) is 0 Å². The van der Waals surface area contributed by atoms with Crippen molar-refractivity contribution in [1.82, 2.24) is 0 Å². The summed E-state index contributed by atoms with van der Waals surface area (Å²) in [7, 11) is 1.61. The highest BCUT2D eigenvalue weighted by Gasteiger charge is 2.12. The molecule has 1 unspecified atom stereocenters. The molecule has 0 radical (unpaired) electrons. The molecule has 2 aromatic rings. The average molecular weight is 306 g/mol. The van der Waals surface area contributed by atoms with Gasteiger partial charge in [0, 0.05) is 17.3 Å². The predicted molar refractivity (Wildman–Crippen MR) is 87.7 cm³/mol. The molecule has 4 heteroatoms. The number of hydrogen-bond donors (Lipinski definition) is 1. The normalized spacial score (nSPS) is 11.8. The van der Waals surface area contributed by atoms with Crippen LogP contribution in [0.25, 0.3) is 0 Å². The highest BCUT2D eigenvalue weighted by atomic mass is 35.5. The molecule has 2 aromatic carbocycles. The lowest BCUT2D eigenvalue weighted by Gasteiger charge is -2.19. The summed E-state index contributed by atoms with van der Waals surface area (Å²) in [4.78, 5) is 0. The van der Waals surface area contributed by atoms with E-state index in [1.165, 1.54) is 0 Å². The number of ether oxygens (including phenoxy) is 2. The van der Waals surface area contributed by atoms with Crippen LogP contribution in [0.15, 0.2) is 42.5 Å². The number of nitrogens with one attached hydrogen (secondary N) is 1. The Bertz CT molecular complexity index is 601. The van der Waals surface area contributed by atoms with Gasteiger partial charge >= 0.3 is 0 Å². The second kappa shape index (κ2) is 7.23. The quantitative estimate of drug-likeness (QED) is 0.821. The Hall–Kier alpha value is -1.87. The van der Waals surface area contributed by atoms with Crippen molar-refractivity contribution in [3.8, 4) is 11.5 Å². The molecular weight excluding hydrogens is 286 g/mol. The second-order valence-electron chi connectivity index (χ2n) is 4.69. The minimum atomic E-state index is 0.110. The molecule has 2 rings (SSSR count). The predicted octanol–water partition coefficient (Wildman–Crippen LogP) is 4.92. The van der Waals surface area contributed by atoms with Crippen molar-refractivity contribution in [3.63, 3.8) is 0 Å². The first-order valence-corrected chi connectivity index (χ1v) is 7.35. The Morgan fingerprint density at radius 2 is 1.90 bits per heavy atom. The van der Waals surface area contributed by atoms with Crippen molar-refractivity contribution < 1.29 is 9.47 Å². The zero-order valence-corrected chi connectivity index (χ0v) is 13.3. The van der Waals surface area contributed by atoms with Gasteiger partial charge in [-0.15, -0.1) is 0 Å². The van der Waals surface area contributed by atoms with Gasteiger partial charge in [0.15, 0.2) is 0 Å². The van der Waals surface area contributed by atoms with Gasteiger partial charge in [-0.3, -0.25) is 0 Å². The van der Waals surface area contributed by atoms with E-state index in [1.54, 1.807) is 7.11 Å². The molecule has 0 amide bonds. The van der Waals surface area contributed by atoms with Gasteiger partial charge in [-0.05, 0) is 32.0 Å². The zero-order chi connectivity index (χ0) is 15.2. The van der Waals surface area contributed by atoms with Crippen LogP contribution in [0, 0.1) is 0 Å². The van der Waals surface area contributed by atoms with Crippen molar-refractivity contribution in [2.24, 2.45) is 0 Å². The van der Waals surface area contributed by atoms with Crippen molar-refractivity contribution >= 4 is 17.3 Å². The lowest BCUT2D eigenvalue weighted by atomic mass is 10.1. The molecule has 1 N–H and O–H groups in total. The van der Waals surface area contributed by atoms with E-state index in [4.69, 9.17) is 21.1 Å². The van der Waals surface area contributed by atoms with Crippen LogP contribution in [-0.2, 0) is 0 Å². The first-order valence-electron chi connectivity index (χ1n) is 6.97. The molecule has 0 saturated heterocycles. The Kier molecular flexibility index (Phi) is 5.34. The Labute approximate surface area is 130 Å². The van der Waals surface area contributed by atoms with Crippen LogP contribution in [0.3, 0.4) is 0 Å². The van der Waals surface area contributed by atoms with Gasteiger partial charge in [0.2, 0.25) is 0 Å². The fraction of sp³-hybridized carbons (Fsp3) is 0.294. The molecule has 1 atom stereocenters. The third-order valence-corrected chi connectivity index (χ3v) is 3.53. The fourth-order valence-corrected chi connectivity index (χ4v) is 2.40. The topological polar surface area (TPSA) is 30.5 Å². The van der Waals surface area contributed by atoms with E-state index in [9.17, 15) is 0 Å². The van der Waals surface area contributed by atoms with Crippen LogP contribution >= 0.6 is 11.6 Å². The van der Waals surface area contributed by atoms with Gasteiger partial charge < -0.3 is 14.8 Å². The number of hydrogen-bond acceptors (Lipinski definition) is 3. The van der Waals surface area contributed by atoms with E-state index >= 15 is 0 Å². The molecule has 0 fully saturated rings. The van der Waals surface area contributed by atoms with Crippen LogP contribution in [0.5, 0.6) is 11.5 Å². The van der Waals surface area contributed by atoms with Crippen molar-refractivity contribution in [2.45, 2.75) is 19.9 Å². The maximum absolute atomic E-state index is 6.04. The first-order chi connectivity index (χ1) is 10.2. The largest absolute Gasteiger partial charge is 0.495 e.